The summed E-state index contributed by atoms with van der Waals surface area (Å²) < 4.78 is 4.92. The van der Waals surface area contributed by atoms with Crippen LogP contribution in [0.15, 0.2) is 0 Å². The van der Waals surface area contributed by atoms with Gasteiger partial charge in [-0.1, -0.05) is 13.8 Å². The minimum atomic E-state index is 0.229. The molecule has 16 heavy (non-hydrogen) atoms. The zero-order valence-corrected chi connectivity index (χ0v) is 10.7. The Bertz CT molecular complexity index is 221. The van der Waals surface area contributed by atoms with E-state index in [0.717, 1.165) is 25.9 Å². The molecule has 4 nitrogen and oxygen atoms in total. The fourth-order valence-corrected chi connectivity index (χ4v) is 2.31. The van der Waals surface area contributed by atoms with Crippen molar-refractivity contribution in [2.45, 2.75) is 32.7 Å². The second-order valence-corrected chi connectivity index (χ2v) is 4.62. The van der Waals surface area contributed by atoms with Crippen LogP contribution in [0.25, 0.3) is 0 Å². The Kier molecular flexibility index (Phi) is 5.77. The van der Waals surface area contributed by atoms with Crippen molar-refractivity contribution in [2.75, 3.05) is 33.4 Å². The summed E-state index contributed by atoms with van der Waals surface area (Å²) in [5, 5.41) is 3.11. The van der Waals surface area contributed by atoms with Gasteiger partial charge in [0.05, 0.1) is 13.2 Å². The van der Waals surface area contributed by atoms with E-state index in [4.69, 9.17) is 4.74 Å². The molecule has 0 saturated carbocycles. The molecule has 0 aromatic carbocycles. The van der Waals surface area contributed by atoms with E-state index in [0.29, 0.717) is 25.1 Å². The Hall–Kier alpha value is -0.610. The van der Waals surface area contributed by atoms with Crippen LogP contribution in [0.5, 0.6) is 0 Å². The summed E-state index contributed by atoms with van der Waals surface area (Å²) in [4.78, 5) is 14.0. The molecule has 1 amide bonds. The molecule has 4 heteroatoms. The molecule has 1 saturated heterocycles. The van der Waals surface area contributed by atoms with Crippen molar-refractivity contribution in [1.29, 1.82) is 0 Å². The zero-order chi connectivity index (χ0) is 12.0. The van der Waals surface area contributed by atoms with E-state index >= 15 is 0 Å². The summed E-state index contributed by atoms with van der Waals surface area (Å²) in [6.07, 6.45) is 2.22. The Morgan fingerprint density at radius 2 is 2.31 bits per heavy atom. The Morgan fingerprint density at radius 3 is 2.94 bits per heavy atom. The lowest BCUT2D eigenvalue weighted by Crippen LogP contribution is -2.41. The van der Waals surface area contributed by atoms with Crippen molar-refractivity contribution in [3.8, 4) is 0 Å². The molecule has 1 heterocycles. The largest absolute Gasteiger partial charge is 0.383 e. The van der Waals surface area contributed by atoms with E-state index in [9.17, 15) is 4.79 Å². The number of nitrogens with one attached hydrogen (secondary N) is 1. The summed E-state index contributed by atoms with van der Waals surface area (Å²) >= 11 is 0. The molecule has 1 N–H and O–H groups in total. The summed E-state index contributed by atoms with van der Waals surface area (Å²) in [6, 6.07) is 0.451. The quantitative estimate of drug-likeness (QED) is 0.686. The summed E-state index contributed by atoms with van der Waals surface area (Å²) in [5.41, 5.74) is 0. The summed E-state index contributed by atoms with van der Waals surface area (Å²) in [7, 11) is 1.67. The SMILES string of the molecule is CCC1CC(C)CN1C(=O)CNCCOC. The van der Waals surface area contributed by atoms with E-state index < -0.39 is 0 Å². The van der Waals surface area contributed by atoms with Crippen molar-refractivity contribution in [2.24, 2.45) is 5.92 Å². The fourth-order valence-electron chi connectivity index (χ4n) is 2.31. The van der Waals surface area contributed by atoms with Crippen molar-refractivity contribution < 1.29 is 9.53 Å². The molecule has 1 aliphatic heterocycles. The molecule has 1 fully saturated rings. The Morgan fingerprint density at radius 1 is 1.56 bits per heavy atom. The predicted octanol–water partition coefficient (Wildman–Crippen LogP) is 0.869. The first-order valence-corrected chi connectivity index (χ1v) is 6.18. The molecular weight excluding hydrogens is 204 g/mol. The van der Waals surface area contributed by atoms with Crippen LogP contribution in [-0.2, 0) is 9.53 Å². The topological polar surface area (TPSA) is 41.6 Å². The van der Waals surface area contributed by atoms with Crippen molar-refractivity contribution in [3.63, 3.8) is 0 Å². The highest BCUT2D eigenvalue weighted by Crippen LogP contribution is 2.24. The van der Waals surface area contributed by atoms with Crippen molar-refractivity contribution >= 4 is 5.91 Å². The van der Waals surface area contributed by atoms with Gasteiger partial charge in [-0.2, -0.15) is 0 Å². The average Bonchev–Trinajstić information content (AvgIpc) is 2.65. The second kappa shape index (κ2) is 6.86. The summed E-state index contributed by atoms with van der Waals surface area (Å²) in [5.74, 6) is 0.875. The molecule has 2 atom stereocenters. The number of carbonyl (C=O) groups is 1. The lowest BCUT2D eigenvalue weighted by Gasteiger charge is -2.23. The van der Waals surface area contributed by atoms with E-state index in [1.165, 1.54) is 0 Å². The number of nitrogens with zero attached hydrogens (tertiary/aromatic N) is 1. The molecule has 1 rings (SSSR count). The molecule has 0 radical (unpaired) electrons. The molecule has 2 unspecified atom stereocenters. The molecular formula is C12H24N2O2. The molecule has 94 valence electrons. The minimum Gasteiger partial charge on any atom is -0.383 e. The number of amides is 1. The van der Waals surface area contributed by atoms with Gasteiger partial charge in [0, 0.05) is 26.2 Å². The molecule has 0 bridgehead atoms. The van der Waals surface area contributed by atoms with Crippen LogP contribution in [0.1, 0.15) is 26.7 Å². The highest BCUT2D eigenvalue weighted by Gasteiger charge is 2.31. The van der Waals surface area contributed by atoms with Gasteiger partial charge in [-0.25, -0.2) is 0 Å². The molecule has 1 aliphatic rings. The lowest BCUT2D eigenvalue weighted by atomic mass is 10.1. The maximum atomic E-state index is 11.9. The number of methoxy groups -OCH3 is 1. The Balaban J connectivity index is 2.29. The van der Waals surface area contributed by atoms with Gasteiger partial charge in [-0.15, -0.1) is 0 Å². The van der Waals surface area contributed by atoms with E-state index in [2.05, 4.69) is 19.2 Å². The highest BCUT2D eigenvalue weighted by molar-refractivity contribution is 5.78. The average molecular weight is 228 g/mol. The standard InChI is InChI=1S/C12H24N2O2/c1-4-11-7-10(2)9-14(11)12(15)8-13-5-6-16-3/h10-11,13H,4-9H2,1-3H3. The third-order valence-electron chi connectivity index (χ3n) is 3.17. The summed E-state index contributed by atoms with van der Waals surface area (Å²) in [6.45, 7) is 7.12. The van der Waals surface area contributed by atoms with Crippen LogP contribution in [0, 0.1) is 5.92 Å². The first-order chi connectivity index (χ1) is 7.69. The van der Waals surface area contributed by atoms with Gasteiger partial charge < -0.3 is 15.0 Å². The zero-order valence-electron chi connectivity index (χ0n) is 10.7. The monoisotopic (exact) mass is 228 g/mol. The first-order valence-electron chi connectivity index (χ1n) is 6.18. The second-order valence-electron chi connectivity index (χ2n) is 4.62. The molecule has 0 aliphatic carbocycles. The smallest absolute Gasteiger partial charge is 0.236 e. The van der Waals surface area contributed by atoms with E-state index in [1.807, 2.05) is 4.90 Å². The number of likely N-dealkylation sites (tertiary alicyclic amines) is 1. The van der Waals surface area contributed by atoms with E-state index in [-0.39, 0.29) is 5.91 Å². The van der Waals surface area contributed by atoms with Gasteiger partial charge in [-0.3, -0.25) is 4.79 Å². The number of carbonyl (C=O) groups excluding carboxylic acids is 1. The lowest BCUT2D eigenvalue weighted by molar-refractivity contribution is -0.131. The van der Waals surface area contributed by atoms with Gasteiger partial charge in [-0.05, 0) is 18.8 Å². The van der Waals surface area contributed by atoms with Gasteiger partial charge in [0.15, 0.2) is 0 Å². The Labute approximate surface area is 98.3 Å². The van der Waals surface area contributed by atoms with Crippen molar-refractivity contribution in [1.82, 2.24) is 10.2 Å². The van der Waals surface area contributed by atoms with Crippen LogP contribution >= 0.6 is 0 Å². The van der Waals surface area contributed by atoms with E-state index in [1.54, 1.807) is 7.11 Å². The number of rotatable bonds is 6. The normalized spacial score (nSPS) is 25.1. The van der Waals surface area contributed by atoms with Crippen LogP contribution < -0.4 is 5.32 Å². The highest BCUT2D eigenvalue weighted by atomic mass is 16.5. The van der Waals surface area contributed by atoms with Crippen LogP contribution in [0.3, 0.4) is 0 Å². The molecule has 0 aromatic heterocycles. The molecule has 0 aromatic rings. The van der Waals surface area contributed by atoms with Gasteiger partial charge in [0.1, 0.15) is 0 Å². The number of hydrogen-bond acceptors (Lipinski definition) is 3. The maximum absolute atomic E-state index is 11.9. The predicted molar refractivity (Wildman–Crippen MR) is 64.3 cm³/mol. The van der Waals surface area contributed by atoms with Gasteiger partial charge in [0.2, 0.25) is 5.91 Å². The first kappa shape index (κ1) is 13.5. The fraction of sp³-hybridized carbons (Fsp3) is 0.917. The third kappa shape index (κ3) is 3.76. The van der Waals surface area contributed by atoms with Gasteiger partial charge >= 0.3 is 0 Å². The van der Waals surface area contributed by atoms with Crippen LogP contribution in [0.4, 0.5) is 0 Å². The number of hydrogen-bond donors (Lipinski definition) is 1. The minimum absolute atomic E-state index is 0.229. The van der Waals surface area contributed by atoms with Crippen LogP contribution in [-0.4, -0.2) is 50.2 Å². The van der Waals surface area contributed by atoms with Crippen LogP contribution in [0.2, 0.25) is 0 Å². The van der Waals surface area contributed by atoms with Crippen molar-refractivity contribution in [3.05, 3.63) is 0 Å². The maximum Gasteiger partial charge on any atom is 0.236 e. The number of ether oxygens (including phenoxy) is 1. The molecule has 0 spiro atoms. The third-order valence-corrected chi connectivity index (χ3v) is 3.17. The van der Waals surface area contributed by atoms with Gasteiger partial charge in [0.25, 0.3) is 0 Å².